The third-order valence-electron chi connectivity index (χ3n) is 2.06. The fraction of sp³-hybridized carbons (Fsp3) is 0.545. The zero-order valence-corrected chi connectivity index (χ0v) is 9.88. The Morgan fingerprint density at radius 1 is 1.73 bits per heavy atom. The Morgan fingerprint density at radius 2 is 2.47 bits per heavy atom. The van der Waals surface area contributed by atoms with E-state index in [0.29, 0.717) is 11.7 Å². The Morgan fingerprint density at radius 3 is 3.00 bits per heavy atom. The summed E-state index contributed by atoms with van der Waals surface area (Å²) in [6.07, 6.45) is 2.36. The fourth-order valence-corrected chi connectivity index (χ4v) is 2.40. The first-order chi connectivity index (χ1) is 7.03. The Hall–Kier alpha value is -0.920. The first-order valence-corrected chi connectivity index (χ1v) is 5.92. The fourth-order valence-electron chi connectivity index (χ4n) is 1.32. The first kappa shape index (κ1) is 12.2. The highest BCUT2D eigenvalue weighted by Crippen LogP contribution is 2.23. The highest BCUT2D eigenvalue weighted by Gasteiger charge is 2.21. The van der Waals surface area contributed by atoms with Crippen molar-refractivity contribution in [1.29, 1.82) is 5.26 Å². The van der Waals surface area contributed by atoms with Crippen LogP contribution in [0.5, 0.6) is 0 Å². The van der Waals surface area contributed by atoms with Crippen LogP contribution in [-0.2, 0) is 5.75 Å². The second-order valence-electron chi connectivity index (χ2n) is 3.93. The number of furan rings is 1. The molecule has 0 bridgehead atoms. The summed E-state index contributed by atoms with van der Waals surface area (Å²) in [4.78, 5) is 0. The monoisotopic (exact) mass is 224 g/mol. The van der Waals surface area contributed by atoms with Crippen molar-refractivity contribution in [1.82, 2.24) is 0 Å². The molecule has 1 rings (SSSR count). The molecule has 0 aliphatic carbocycles. The third-order valence-corrected chi connectivity index (χ3v) is 3.24. The van der Waals surface area contributed by atoms with Crippen LogP contribution in [0.1, 0.15) is 26.0 Å². The minimum Gasteiger partial charge on any atom is -0.468 e. The molecule has 4 heteroatoms. The molecule has 0 aromatic carbocycles. The summed E-state index contributed by atoms with van der Waals surface area (Å²) in [5, 5.41) is 9.14. The lowest BCUT2D eigenvalue weighted by Crippen LogP contribution is -2.36. The maximum atomic E-state index is 8.79. The summed E-state index contributed by atoms with van der Waals surface area (Å²) in [6.45, 7) is 3.84. The van der Waals surface area contributed by atoms with Gasteiger partial charge in [0.2, 0.25) is 0 Å². The number of hydrogen-bond donors (Lipinski definition) is 1. The minimum absolute atomic E-state index is 0.352. The predicted molar refractivity (Wildman–Crippen MR) is 62.3 cm³/mol. The van der Waals surface area contributed by atoms with Gasteiger partial charge in [0.1, 0.15) is 11.3 Å². The molecule has 82 valence electrons. The van der Waals surface area contributed by atoms with Crippen molar-refractivity contribution in [2.24, 2.45) is 5.73 Å². The molecule has 0 radical (unpaired) electrons. The molecule has 0 fully saturated rings. The summed E-state index contributed by atoms with van der Waals surface area (Å²) >= 11 is 1.75. The number of nitrogens with two attached hydrogens (primary N) is 1. The highest BCUT2D eigenvalue weighted by molar-refractivity contribution is 7.99. The summed E-state index contributed by atoms with van der Waals surface area (Å²) in [6, 6.07) is 5.93. The van der Waals surface area contributed by atoms with Gasteiger partial charge in [0, 0.05) is 5.25 Å². The highest BCUT2D eigenvalue weighted by atomic mass is 32.2. The summed E-state index contributed by atoms with van der Waals surface area (Å²) in [5.74, 6) is 1.79. The van der Waals surface area contributed by atoms with Crippen molar-refractivity contribution >= 4 is 11.8 Å². The SMILES string of the molecule is CC(CC(C)(N)C#N)SCc1ccco1. The van der Waals surface area contributed by atoms with E-state index >= 15 is 0 Å². The van der Waals surface area contributed by atoms with E-state index in [-0.39, 0.29) is 0 Å². The van der Waals surface area contributed by atoms with Gasteiger partial charge in [-0.3, -0.25) is 0 Å². The second-order valence-corrected chi connectivity index (χ2v) is 5.36. The number of nitriles is 1. The Balaban J connectivity index is 2.31. The van der Waals surface area contributed by atoms with Crippen molar-refractivity contribution < 1.29 is 4.42 Å². The Labute approximate surface area is 94.6 Å². The lowest BCUT2D eigenvalue weighted by molar-refractivity contribution is 0.527. The Bertz CT molecular complexity index is 327. The van der Waals surface area contributed by atoms with Crippen molar-refractivity contribution in [2.75, 3.05) is 0 Å². The van der Waals surface area contributed by atoms with Gasteiger partial charge in [0.15, 0.2) is 0 Å². The summed E-state index contributed by atoms with van der Waals surface area (Å²) in [7, 11) is 0. The quantitative estimate of drug-likeness (QED) is 0.834. The normalized spacial score (nSPS) is 16.7. The molecule has 2 atom stereocenters. The second kappa shape index (κ2) is 5.24. The average molecular weight is 224 g/mol. The topological polar surface area (TPSA) is 63.0 Å². The number of nitrogens with zero attached hydrogens (tertiary/aromatic N) is 1. The van der Waals surface area contributed by atoms with Gasteiger partial charge < -0.3 is 10.2 Å². The summed E-state index contributed by atoms with van der Waals surface area (Å²) < 4.78 is 5.22. The van der Waals surface area contributed by atoms with Gasteiger partial charge in [-0.1, -0.05) is 6.92 Å². The average Bonchev–Trinajstić information content (AvgIpc) is 2.66. The molecule has 1 aromatic rings. The number of rotatable bonds is 5. The lowest BCUT2D eigenvalue weighted by Gasteiger charge is -2.19. The predicted octanol–water partition coefficient (Wildman–Crippen LogP) is 2.53. The van der Waals surface area contributed by atoms with E-state index < -0.39 is 5.54 Å². The van der Waals surface area contributed by atoms with Gasteiger partial charge in [0.05, 0.1) is 18.1 Å². The van der Waals surface area contributed by atoms with E-state index in [9.17, 15) is 0 Å². The molecule has 0 aliphatic heterocycles. The molecule has 0 spiro atoms. The van der Waals surface area contributed by atoms with Gasteiger partial charge in [-0.05, 0) is 25.5 Å². The van der Waals surface area contributed by atoms with Crippen LogP contribution >= 0.6 is 11.8 Å². The van der Waals surface area contributed by atoms with Gasteiger partial charge in [-0.15, -0.1) is 0 Å². The molecule has 15 heavy (non-hydrogen) atoms. The molecule has 2 unspecified atom stereocenters. The Kier molecular flexibility index (Phi) is 4.25. The van der Waals surface area contributed by atoms with E-state index in [2.05, 4.69) is 13.0 Å². The maximum absolute atomic E-state index is 8.79. The molecule has 2 N–H and O–H groups in total. The molecular formula is C11H16N2OS. The van der Waals surface area contributed by atoms with Crippen molar-refractivity contribution in [3.8, 4) is 6.07 Å². The molecular weight excluding hydrogens is 208 g/mol. The number of hydrogen-bond acceptors (Lipinski definition) is 4. The van der Waals surface area contributed by atoms with Crippen molar-refractivity contribution in [3.63, 3.8) is 0 Å². The van der Waals surface area contributed by atoms with Gasteiger partial charge >= 0.3 is 0 Å². The van der Waals surface area contributed by atoms with E-state index in [1.165, 1.54) is 0 Å². The smallest absolute Gasteiger partial charge is 0.113 e. The van der Waals surface area contributed by atoms with Crippen molar-refractivity contribution in [3.05, 3.63) is 24.2 Å². The van der Waals surface area contributed by atoms with Crippen LogP contribution < -0.4 is 5.73 Å². The minimum atomic E-state index is -0.727. The van der Waals surface area contributed by atoms with Gasteiger partial charge in [-0.25, -0.2) is 0 Å². The maximum Gasteiger partial charge on any atom is 0.113 e. The zero-order chi connectivity index (χ0) is 11.3. The van der Waals surface area contributed by atoms with E-state index in [1.807, 2.05) is 12.1 Å². The standard InChI is InChI=1S/C11H16N2OS/c1-9(6-11(2,13)8-12)15-7-10-4-3-5-14-10/h3-5,9H,6-7,13H2,1-2H3. The van der Waals surface area contributed by atoms with Crippen LogP contribution in [0.2, 0.25) is 0 Å². The van der Waals surface area contributed by atoms with Crippen LogP contribution in [0.4, 0.5) is 0 Å². The van der Waals surface area contributed by atoms with Crippen molar-refractivity contribution in [2.45, 2.75) is 36.8 Å². The van der Waals surface area contributed by atoms with E-state index in [4.69, 9.17) is 15.4 Å². The molecule has 1 heterocycles. The van der Waals surface area contributed by atoms with Gasteiger partial charge in [-0.2, -0.15) is 17.0 Å². The van der Waals surface area contributed by atoms with Crippen LogP contribution in [0, 0.1) is 11.3 Å². The molecule has 0 saturated carbocycles. The molecule has 1 aromatic heterocycles. The number of thioether (sulfide) groups is 1. The van der Waals surface area contributed by atoms with Crippen LogP contribution in [0.15, 0.2) is 22.8 Å². The van der Waals surface area contributed by atoms with Gasteiger partial charge in [0.25, 0.3) is 0 Å². The molecule has 3 nitrogen and oxygen atoms in total. The van der Waals surface area contributed by atoms with E-state index in [1.54, 1.807) is 24.9 Å². The summed E-state index contributed by atoms with van der Waals surface area (Å²) in [5.41, 5.74) is 5.04. The third kappa shape index (κ3) is 4.41. The first-order valence-electron chi connectivity index (χ1n) is 4.87. The van der Waals surface area contributed by atoms with Crippen LogP contribution in [0.25, 0.3) is 0 Å². The molecule has 0 amide bonds. The lowest BCUT2D eigenvalue weighted by atomic mass is 10.00. The zero-order valence-electron chi connectivity index (χ0n) is 9.06. The molecule has 0 saturated heterocycles. The van der Waals surface area contributed by atoms with E-state index in [0.717, 1.165) is 11.5 Å². The largest absolute Gasteiger partial charge is 0.468 e. The molecule has 0 aliphatic rings. The van der Waals surface area contributed by atoms with Crippen LogP contribution in [-0.4, -0.2) is 10.8 Å². The van der Waals surface area contributed by atoms with Crippen LogP contribution in [0.3, 0.4) is 0 Å².